The highest BCUT2D eigenvalue weighted by Crippen LogP contribution is 2.02. The Morgan fingerprint density at radius 2 is 2.13 bits per heavy atom. The van der Waals surface area contributed by atoms with Crippen LogP contribution in [0, 0.1) is 5.92 Å². The summed E-state index contributed by atoms with van der Waals surface area (Å²) < 4.78 is 0. The molecule has 0 saturated carbocycles. The maximum absolute atomic E-state index is 11.6. The van der Waals surface area contributed by atoms with Crippen LogP contribution < -0.4 is 0 Å². The number of carbonyl (C=O) groups excluding carboxylic acids is 1. The van der Waals surface area contributed by atoms with Crippen LogP contribution in [-0.2, 0) is 4.79 Å². The summed E-state index contributed by atoms with van der Waals surface area (Å²) in [4.78, 5) is 17.4. The number of carbonyl (C=O) groups is 1. The first-order valence-corrected chi connectivity index (χ1v) is 5.53. The van der Waals surface area contributed by atoms with Crippen molar-refractivity contribution in [1.82, 2.24) is 4.90 Å². The molecule has 15 heavy (non-hydrogen) atoms. The third-order valence-corrected chi connectivity index (χ3v) is 2.26. The first-order valence-electron chi connectivity index (χ1n) is 5.53. The Bertz CT molecular complexity index is 234. The molecule has 0 aromatic rings. The van der Waals surface area contributed by atoms with Crippen LogP contribution in [0.3, 0.4) is 0 Å². The van der Waals surface area contributed by atoms with Crippen molar-refractivity contribution in [2.45, 2.75) is 33.6 Å². The molecule has 0 spiro atoms. The summed E-state index contributed by atoms with van der Waals surface area (Å²) in [6, 6.07) is 0. The van der Waals surface area contributed by atoms with Crippen LogP contribution in [0.25, 0.3) is 0 Å². The predicted molar refractivity (Wildman–Crippen MR) is 65.0 cm³/mol. The zero-order valence-electron chi connectivity index (χ0n) is 10.2. The molecule has 3 heteroatoms. The fourth-order valence-corrected chi connectivity index (χ4v) is 0.989. The minimum Gasteiger partial charge on any atom is -0.358 e. The van der Waals surface area contributed by atoms with Crippen molar-refractivity contribution in [1.29, 1.82) is 0 Å². The van der Waals surface area contributed by atoms with Gasteiger partial charge in [-0.1, -0.05) is 26.8 Å². The van der Waals surface area contributed by atoms with Gasteiger partial charge in [0.2, 0.25) is 0 Å². The van der Waals surface area contributed by atoms with Crippen LogP contribution >= 0.6 is 0 Å². The van der Waals surface area contributed by atoms with E-state index in [4.69, 9.17) is 0 Å². The van der Waals surface area contributed by atoms with E-state index < -0.39 is 0 Å². The lowest BCUT2D eigenvalue weighted by atomic mass is 10.0. The van der Waals surface area contributed by atoms with Gasteiger partial charge >= 0.3 is 0 Å². The molecule has 0 bridgehead atoms. The van der Waals surface area contributed by atoms with E-state index in [-0.39, 0.29) is 11.7 Å². The minimum atomic E-state index is 0.145. The van der Waals surface area contributed by atoms with E-state index >= 15 is 0 Å². The molecule has 0 heterocycles. The number of aliphatic imine (C=N–C) groups is 1. The van der Waals surface area contributed by atoms with Gasteiger partial charge in [0.05, 0.1) is 12.9 Å². The summed E-state index contributed by atoms with van der Waals surface area (Å²) in [6.07, 6.45) is 7.30. The summed E-state index contributed by atoms with van der Waals surface area (Å²) in [5, 5.41) is 0. The highest BCUT2D eigenvalue weighted by molar-refractivity contribution is 5.84. The standard InChI is InChI=1S/C12H22N2O/c1-5-7-8-13-10-14(4)9-12(15)11(3)6-2/h7-8,10-11H,5-6,9H2,1-4H3/b8-7-,13-10?/t11-/m1/s1. The molecule has 0 rings (SSSR count). The van der Waals surface area contributed by atoms with E-state index in [0.29, 0.717) is 6.54 Å². The molecule has 0 aliphatic heterocycles. The Morgan fingerprint density at radius 1 is 1.47 bits per heavy atom. The minimum absolute atomic E-state index is 0.145. The van der Waals surface area contributed by atoms with Crippen molar-refractivity contribution in [3.63, 3.8) is 0 Å². The van der Waals surface area contributed by atoms with E-state index in [1.165, 1.54) is 0 Å². The number of rotatable bonds is 7. The Kier molecular flexibility index (Phi) is 7.60. The van der Waals surface area contributed by atoms with Crippen molar-refractivity contribution in [2.24, 2.45) is 10.9 Å². The summed E-state index contributed by atoms with van der Waals surface area (Å²) in [6.45, 7) is 6.49. The second-order valence-corrected chi connectivity index (χ2v) is 3.75. The highest BCUT2D eigenvalue weighted by atomic mass is 16.1. The zero-order valence-corrected chi connectivity index (χ0v) is 10.2. The largest absolute Gasteiger partial charge is 0.358 e. The van der Waals surface area contributed by atoms with E-state index in [1.54, 1.807) is 12.5 Å². The third kappa shape index (κ3) is 6.89. The Labute approximate surface area is 92.9 Å². The molecule has 0 amide bonds. The molecule has 86 valence electrons. The number of ketones is 1. The predicted octanol–water partition coefficient (Wildman–Crippen LogP) is 2.49. The fourth-order valence-electron chi connectivity index (χ4n) is 0.989. The highest BCUT2D eigenvalue weighted by Gasteiger charge is 2.11. The van der Waals surface area contributed by atoms with Gasteiger partial charge in [-0.2, -0.15) is 0 Å². The van der Waals surface area contributed by atoms with Crippen molar-refractivity contribution >= 4 is 12.1 Å². The Hall–Kier alpha value is -1.12. The zero-order chi connectivity index (χ0) is 11.7. The molecule has 0 radical (unpaired) electrons. The van der Waals surface area contributed by atoms with Crippen molar-refractivity contribution in [2.75, 3.05) is 13.6 Å². The number of hydrogen-bond acceptors (Lipinski definition) is 2. The van der Waals surface area contributed by atoms with Crippen LogP contribution in [0.5, 0.6) is 0 Å². The summed E-state index contributed by atoms with van der Waals surface area (Å²) in [5.41, 5.74) is 0. The smallest absolute Gasteiger partial charge is 0.154 e. The summed E-state index contributed by atoms with van der Waals surface area (Å²) in [5.74, 6) is 0.415. The molecule has 0 fully saturated rings. The van der Waals surface area contributed by atoms with E-state index in [1.807, 2.05) is 31.9 Å². The van der Waals surface area contributed by atoms with Crippen LogP contribution in [-0.4, -0.2) is 30.6 Å². The van der Waals surface area contributed by atoms with Gasteiger partial charge in [-0.05, 0) is 12.8 Å². The van der Waals surface area contributed by atoms with Crippen LogP contribution in [0.2, 0.25) is 0 Å². The normalized spacial score (nSPS) is 13.6. The lowest BCUT2D eigenvalue weighted by molar-refractivity contribution is -0.122. The quantitative estimate of drug-likeness (QED) is 0.477. The molecule has 1 atom stereocenters. The fraction of sp³-hybridized carbons (Fsp3) is 0.667. The maximum Gasteiger partial charge on any atom is 0.154 e. The lowest BCUT2D eigenvalue weighted by Crippen LogP contribution is -2.28. The van der Waals surface area contributed by atoms with E-state index in [9.17, 15) is 4.79 Å². The van der Waals surface area contributed by atoms with Crippen LogP contribution in [0.4, 0.5) is 0 Å². The van der Waals surface area contributed by atoms with E-state index in [2.05, 4.69) is 11.9 Å². The average Bonchev–Trinajstić information content (AvgIpc) is 2.23. The first-order chi connectivity index (χ1) is 7.11. The van der Waals surface area contributed by atoms with Crippen molar-refractivity contribution < 1.29 is 4.79 Å². The number of nitrogens with zero attached hydrogens (tertiary/aromatic N) is 2. The van der Waals surface area contributed by atoms with Crippen molar-refractivity contribution in [3.05, 3.63) is 12.3 Å². The van der Waals surface area contributed by atoms with Gasteiger partial charge in [-0.15, -0.1) is 0 Å². The summed E-state index contributed by atoms with van der Waals surface area (Å²) in [7, 11) is 1.86. The topological polar surface area (TPSA) is 32.7 Å². The maximum atomic E-state index is 11.6. The molecule has 3 nitrogen and oxygen atoms in total. The monoisotopic (exact) mass is 210 g/mol. The van der Waals surface area contributed by atoms with Crippen molar-refractivity contribution in [3.8, 4) is 0 Å². The molecule has 0 aliphatic carbocycles. The third-order valence-electron chi connectivity index (χ3n) is 2.26. The number of allylic oxidation sites excluding steroid dienone is 1. The molecule has 0 aromatic carbocycles. The number of hydrogen-bond donors (Lipinski definition) is 0. The molecular formula is C12H22N2O. The molecule has 0 aliphatic rings. The lowest BCUT2D eigenvalue weighted by Gasteiger charge is -2.14. The van der Waals surface area contributed by atoms with E-state index in [0.717, 1.165) is 12.8 Å². The molecular weight excluding hydrogens is 188 g/mol. The second-order valence-electron chi connectivity index (χ2n) is 3.75. The SMILES string of the molecule is CC/C=C\N=CN(C)CC(=O)[C@H](C)CC. The van der Waals surface area contributed by atoms with Gasteiger partial charge in [0.25, 0.3) is 0 Å². The number of Topliss-reactive ketones (excluding diaryl/α,β-unsaturated/α-hetero) is 1. The first kappa shape index (κ1) is 13.9. The Balaban J connectivity index is 3.92. The Morgan fingerprint density at radius 3 is 2.67 bits per heavy atom. The second kappa shape index (κ2) is 8.21. The van der Waals surface area contributed by atoms with Gasteiger partial charge in [-0.25, -0.2) is 4.99 Å². The van der Waals surface area contributed by atoms with Gasteiger partial charge in [-0.3, -0.25) is 4.79 Å². The van der Waals surface area contributed by atoms with Gasteiger partial charge in [0.15, 0.2) is 5.78 Å². The van der Waals surface area contributed by atoms with Gasteiger partial charge in [0, 0.05) is 19.2 Å². The molecule has 0 unspecified atom stereocenters. The molecule has 0 N–H and O–H groups in total. The average molecular weight is 210 g/mol. The van der Waals surface area contributed by atoms with Gasteiger partial charge < -0.3 is 4.90 Å². The van der Waals surface area contributed by atoms with Crippen LogP contribution in [0.15, 0.2) is 17.3 Å². The molecule has 0 saturated heterocycles. The summed E-state index contributed by atoms with van der Waals surface area (Å²) >= 11 is 0. The van der Waals surface area contributed by atoms with Gasteiger partial charge in [0.1, 0.15) is 0 Å². The molecule has 0 aromatic heterocycles. The number of likely N-dealkylation sites (N-methyl/N-ethyl adjacent to an activating group) is 1. The van der Waals surface area contributed by atoms with Crippen LogP contribution in [0.1, 0.15) is 33.6 Å².